The van der Waals surface area contributed by atoms with Crippen LogP contribution in [0.4, 0.5) is 10.6 Å². The minimum atomic E-state index is -0.810. The van der Waals surface area contributed by atoms with Crippen LogP contribution in [0.3, 0.4) is 0 Å². The van der Waals surface area contributed by atoms with Crippen molar-refractivity contribution in [2.45, 2.75) is 13.2 Å². The predicted octanol–water partition coefficient (Wildman–Crippen LogP) is 1.66. The van der Waals surface area contributed by atoms with Crippen LogP contribution in [-0.4, -0.2) is 43.5 Å². The highest BCUT2D eigenvalue weighted by molar-refractivity contribution is 6.03. The van der Waals surface area contributed by atoms with E-state index in [-0.39, 0.29) is 17.7 Å². The first-order valence-corrected chi connectivity index (χ1v) is 7.88. The molecule has 2 rings (SSSR count). The van der Waals surface area contributed by atoms with Crippen molar-refractivity contribution in [3.63, 3.8) is 0 Å². The zero-order valence-corrected chi connectivity index (χ0v) is 14.6. The molecule has 0 saturated heterocycles. The molecule has 0 bridgehead atoms. The lowest BCUT2D eigenvalue weighted by atomic mass is 10.1. The van der Waals surface area contributed by atoms with Crippen molar-refractivity contribution in [3.8, 4) is 17.0 Å². The molecule has 9 nitrogen and oxygen atoms in total. The van der Waals surface area contributed by atoms with E-state index in [0.29, 0.717) is 30.2 Å². The Morgan fingerprint density at radius 3 is 2.62 bits per heavy atom. The number of rotatable bonds is 9. The Balaban J connectivity index is 2.21. The summed E-state index contributed by atoms with van der Waals surface area (Å²) in [5.74, 6) is 0.00715. The van der Waals surface area contributed by atoms with Gasteiger partial charge in [0.15, 0.2) is 6.29 Å². The fraction of sp³-hybridized carbons (Fsp3) is 0.294. The summed E-state index contributed by atoms with van der Waals surface area (Å²) in [6.45, 7) is 2.43. The third-order valence-corrected chi connectivity index (χ3v) is 3.53. The number of ether oxygens (including phenoxy) is 3. The quantitative estimate of drug-likeness (QED) is 0.396. The van der Waals surface area contributed by atoms with Crippen LogP contribution in [0.25, 0.3) is 11.3 Å². The Morgan fingerprint density at radius 2 is 1.96 bits per heavy atom. The molecule has 0 radical (unpaired) electrons. The molecule has 26 heavy (non-hydrogen) atoms. The van der Waals surface area contributed by atoms with Gasteiger partial charge in [-0.15, -0.1) is 0 Å². The second-order valence-electron chi connectivity index (χ2n) is 5.34. The van der Waals surface area contributed by atoms with Crippen molar-refractivity contribution in [1.29, 1.82) is 0 Å². The molecule has 6 N–H and O–H groups in total. The smallest absolute Gasteiger partial charge is 0.317 e. The monoisotopic (exact) mass is 362 g/mol. The molecule has 0 aliphatic rings. The minimum Gasteiger partial charge on any atom is -0.490 e. The molecule has 3 amide bonds. The minimum absolute atomic E-state index is 0.117. The Bertz CT molecular complexity index is 774. The van der Waals surface area contributed by atoms with Gasteiger partial charge >= 0.3 is 6.03 Å². The van der Waals surface area contributed by atoms with E-state index in [9.17, 15) is 9.59 Å². The summed E-state index contributed by atoms with van der Waals surface area (Å²) in [7, 11) is 1.56. The van der Waals surface area contributed by atoms with E-state index in [1.165, 1.54) is 6.07 Å². The molecule has 2 aromatic rings. The van der Waals surface area contributed by atoms with E-state index >= 15 is 0 Å². The number of primary amides is 2. The standard InChI is InChI=1S/C17H22N4O5/c1-10(24-2)25-7-8-26-14-6-4-3-5-11(14)13-9-12(15(18)22)16(20-13)21-17(19)23/h3-6,9-10,20H,7-8H2,1-2H3,(H2,18,22)(H3,19,21,23). The van der Waals surface area contributed by atoms with Crippen molar-refractivity contribution in [3.05, 3.63) is 35.9 Å². The number of aromatic nitrogens is 1. The van der Waals surface area contributed by atoms with E-state index in [0.717, 1.165) is 0 Å². The molecule has 0 spiro atoms. The van der Waals surface area contributed by atoms with Crippen LogP contribution < -0.4 is 21.5 Å². The Hall–Kier alpha value is -3.04. The molecule has 9 heteroatoms. The largest absolute Gasteiger partial charge is 0.490 e. The van der Waals surface area contributed by atoms with Crippen molar-refractivity contribution >= 4 is 17.8 Å². The van der Waals surface area contributed by atoms with Gasteiger partial charge in [-0.1, -0.05) is 12.1 Å². The number of aromatic amines is 1. The Morgan fingerprint density at radius 1 is 1.23 bits per heavy atom. The number of urea groups is 1. The van der Waals surface area contributed by atoms with Crippen LogP contribution in [0, 0.1) is 0 Å². The van der Waals surface area contributed by atoms with Gasteiger partial charge in [-0.3, -0.25) is 10.1 Å². The molecule has 0 saturated carbocycles. The Labute approximate surface area is 150 Å². The Kier molecular flexibility index (Phi) is 6.59. The number of para-hydroxylation sites is 1. The fourth-order valence-corrected chi connectivity index (χ4v) is 2.26. The summed E-state index contributed by atoms with van der Waals surface area (Å²) in [5, 5.41) is 2.34. The van der Waals surface area contributed by atoms with Gasteiger partial charge in [0, 0.05) is 12.7 Å². The lowest BCUT2D eigenvalue weighted by molar-refractivity contribution is -0.115. The summed E-state index contributed by atoms with van der Waals surface area (Å²) in [4.78, 5) is 25.6. The van der Waals surface area contributed by atoms with Crippen LogP contribution >= 0.6 is 0 Å². The first-order valence-electron chi connectivity index (χ1n) is 7.88. The molecule has 1 aromatic carbocycles. The predicted molar refractivity (Wildman–Crippen MR) is 95.9 cm³/mol. The molecule has 0 fully saturated rings. The fourth-order valence-electron chi connectivity index (χ4n) is 2.26. The van der Waals surface area contributed by atoms with Crippen LogP contribution in [-0.2, 0) is 9.47 Å². The third kappa shape index (κ3) is 4.98. The molecule has 1 aromatic heterocycles. The maximum Gasteiger partial charge on any atom is 0.317 e. The number of H-pyrrole nitrogens is 1. The maximum absolute atomic E-state index is 11.6. The van der Waals surface area contributed by atoms with Gasteiger partial charge in [0.05, 0.1) is 17.9 Å². The van der Waals surface area contributed by atoms with E-state index in [4.69, 9.17) is 25.7 Å². The van der Waals surface area contributed by atoms with Crippen LogP contribution in [0.1, 0.15) is 17.3 Å². The lowest BCUT2D eigenvalue weighted by Gasteiger charge is -2.13. The molecular formula is C17H22N4O5. The van der Waals surface area contributed by atoms with E-state index in [2.05, 4.69) is 10.3 Å². The van der Waals surface area contributed by atoms with Crippen LogP contribution in [0.2, 0.25) is 0 Å². The summed E-state index contributed by atoms with van der Waals surface area (Å²) in [6.07, 6.45) is -0.321. The average molecular weight is 362 g/mol. The molecule has 1 heterocycles. The number of hydrogen-bond acceptors (Lipinski definition) is 5. The van der Waals surface area contributed by atoms with E-state index in [1.807, 2.05) is 12.1 Å². The molecule has 1 atom stereocenters. The first-order chi connectivity index (χ1) is 12.4. The van der Waals surface area contributed by atoms with Crippen molar-refractivity contribution < 1.29 is 23.8 Å². The summed E-state index contributed by atoms with van der Waals surface area (Å²) in [5.41, 5.74) is 11.8. The number of benzene rings is 1. The zero-order valence-electron chi connectivity index (χ0n) is 14.6. The van der Waals surface area contributed by atoms with Gasteiger partial charge in [0.2, 0.25) is 0 Å². The van der Waals surface area contributed by atoms with Crippen molar-refractivity contribution in [2.75, 3.05) is 25.6 Å². The number of hydrogen-bond donors (Lipinski definition) is 4. The normalized spacial score (nSPS) is 11.8. The molecule has 1 unspecified atom stereocenters. The topological polar surface area (TPSA) is 142 Å². The van der Waals surface area contributed by atoms with Gasteiger partial charge in [-0.05, 0) is 25.1 Å². The second kappa shape index (κ2) is 8.88. The molecular weight excluding hydrogens is 340 g/mol. The number of methoxy groups -OCH3 is 1. The van der Waals surface area contributed by atoms with Gasteiger partial charge in [0.1, 0.15) is 18.2 Å². The average Bonchev–Trinajstić information content (AvgIpc) is 3.02. The lowest BCUT2D eigenvalue weighted by Crippen LogP contribution is -2.22. The van der Waals surface area contributed by atoms with E-state index < -0.39 is 11.9 Å². The number of nitrogens with one attached hydrogen (secondary N) is 2. The SMILES string of the molecule is COC(C)OCCOc1ccccc1-c1cc(C(N)=O)c(NC(N)=O)[nH]1. The summed E-state index contributed by atoms with van der Waals surface area (Å²) >= 11 is 0. The zero-order chi connectivity index (χ0) is 19.1. The van der Waals surface area contributed by atoms with Crippen LogP contribution in [0.5, 0.6) is 5.75 Å². The number of nitrogens with two attached hydrogens (primary N) is 2. The second-order valence-corrected chi connectivity index (χ2v) is 5.34. The number of carbonyl (C=O) groups excluding carboxylic acids is 2. The summed E-state index contributed by atoms with van der Waals surface area (Å²) < 4.78 is 16.1. The van der Waals surface area contributed by atoms with Crippen LogP contribution in [0.15, 0.2) is 30.3 Å². The number of carbonyl (C=O) groups is 2. The van der Waals surface area contributed by atoms with Crippen molar-refractivity contribution in [1.82, 2.24) is 4.98 Å². The maximum atomic E-state index is 11.6. The van der Waals surface area contributed by atoms with Gasteiger partial charge < -0.3 is 30.7 Å². The van der Waals surface area contributed by atoms with Gasteiger partial charge in [-0.25, -0.2) is 4.79 Å². The first kappa shape index (κ1) is 19.3. The van der Waals surface area contributed by atoms with Crippen molar-refractivity contribution in [2.24, 2.45) is 11.5 Å². The highest BCUT2D eigenvalue weighted by Gasteiger charge is 2.17. The highest BCUT2D eigenvalue weighted by atomic mass is 16.7. The number of anilines is 1. The molecule has 0 aliphatic heterocycles. The molecule has 0 aliphatic carbocycles. The van der Waals surface area contributed by atoms with E-state index in [1.54, 1.807) is 26.2 Å². The van der Waals surface area contributed by atoms with Gasteiger partial charge in [0.25, 0.3) is 5.91 Å². The van der Waals surface area contributed by atoms with Gasteiger partial charge in [-0.2, -0.15) is 0 Å². The molecule has 140 valence electrons. The number of amides is 3. The summed E-state index contributed by atoms with van der Waals surface area (Å²) in [6, 6.07) is 7.93. The highest BCUT2D eigenvalue weighted by Crippen LogP contribution is 2.32. The third-order valence-electron chi connectivity index (χ3n) is 3.53.